The molecule has 108 valence electrons. The molecule has 0 N–H and O–H groups in total. The smallest absolute Gasteiger partial charge is 0.261 e. The van der Waals surface area contributed by atoms with Crippen molar-refractivity contribution in [2.75, 3.05) is 25.1 Å². The van der Waals surface area contributed by atoms with Gasteiger partial charge in [-0.3, -0.25) is 4.79 Å². The number of alkyl halides is 3. The van der Waals surface area contributed by atoms with Gasteiger partial charge < -0.3 is 9.64 Å². The second-order valence-corrected chi connectivity index (χ2v) is 4.76. The van der Waals surface area contributed by atoms with E-state index in [9.17, 15) is 13.6 Å². The molecule has 0 saturated carbocycles. The molecule has 0 saturated heterocycles. The highest BCUT2D eigenvalue weighted by atomic mass is 79.9. The second-order valence-electron chi connectivity index (χ2n) is 3.96. The van der Waals surface area contributed by atoms with E-state index in [1.165, 1.54) is 0 Å². The summed E-state index contributed by atoms with van der Waals surface area (Å²) in [5.41, 5.74) is 0. The van der Waals surface area contributed by atoms with Crippen LogP contribution < -0.4 is 0 Å². The van der Waals surface area contributed by atoms with Crippen LogP contribution in [-0.2, 0) is 9.53 Å². The lowest BCUT2D eigenvalue weighted by Crippen LogP contribution is -2.41. The molecule has 0 aliphatic carbocycles. The summed E-state index contributed by atoms with van der Waals surface area (Å²) in [6.45, 7) is 4.17. The number of amides is 1. The SMILES string of the molecule is CCC(CC)N(CCBr)C(=O)CCOCC(F)F. The number of nitrogens with zero attached hydrogens (tertiary/aromatic N) is 1. The summed E-state index contributed by atoms with van der Waals surface area (Å²) in [6, 6.07) is 0.213. The molecule has 0 heterocycles. The molecule has 0 aromatic rings. The molecule has 0 radical (unpaired) electrons. The van der Waals surface area contributed by atoms with Gasteiger partial charge >= 0.3 is 0 Å². The summed E-state index contributed by atoms with van der Waals surface area (Å²) in [4.78, 5) is 13.8. The molecule has 0 fully saturated rings. The largest absolute Gasteiger partial charge is 0.375 e. The summed E-state index contributed by atoms with van der Waals surface area (Å²) in [5.74, 6) is -0.0302. The van der Waals surface area contributed by atoms with Crippen molar-refractivity contribution in [3.05, 3.63) is 0 Å². The summed E-state index contributed by atoms with van der Waals surface area (Å²) in [7, 11) is 0. The molecular formula is C12H22BrF2NO2. The Morgan fingerprint density at radius 3 is 2.39 bits per heavy atom. The first-order valence-corrected chi connectivity index (χ1v) is 7.40. The van der Waals surface area contributed by atoms with Gasteiger partial charge in [0, 0.05) is 17.9 Å². The summed E-state index contributed by atoms with van der Waals surface area (Å²) in [6.07, 6.45) is -0.519. The zero-order valence-corrected chi connectivity index (χ0v) is 12.6. The lowest BCUT2D eigenvalue weighted by Gasteiger charge is -2.30. The van der Waals surface area contributed by atoms with E-state index >= 15 is 0 Å². The molecule has 0 aromatic carbocycles. The van der Waals surface area contributed by atoms with Crippen molar-refractivity contribution in [1.29, 1.82) is 0 Å². The van der Waals surface area contributed by atoms with Crippen LogP contribution in [0.2, 0.25) is 0 Å². The Hall–Kier alpha value is -0.230. The third-order valence-corrected chi connectivity index (χ3v) is 3.09. The van der Waals surface area contributed by atoms with Crippen LogP contribution in [-0.4, -0.2) is 48.4 Å². The Morgan fingerprint density at radius 2 is 1.94 bits per heavy atom. The molecule has 0 aliphatic heterocycles. The molecule has 0 spiro atoms. The van der Waals surface area contributed by atoms with Gasteiger partial charge in [0.2, 0.25) is 5.91 Å². The van der Waals surface area contributed by atoms with Gasteiger partial charge in [0.05, 0.1) is 13.0 Å². The molecule has 0 atom stereocenters. The number of halogens is 3. The summed E-state index contributed by atoms with van der Waals surface area (Å²) < 4.78 is 28.4. The fourth-order valence-corrected chi connectivity index (χ4v) is 2.19. The molecule has 1 amide bonds. The lowest BCUT2D eigenvalue weighted by molar-refractivity contribution is -0.135. The maximum absolute atomic E-state index is 12.0. The summed E-state index contributed by atoms with van der Waals surface area (Å²) >= 11 is 3.32. The van der Waals surface area contributed by atoms with Gasteiger partial charge in [0.1, 0.15) is 6.61 Å². The molecule has 0 bridgehead atoms. The van der Waals surface area contributed by atoms with Crippen molar-refractivity contribution in [3.8, 4) is 0 Å². The maximum Gasteiger partial charge on any atom is 0.261 e. The van der Waals surface area contributed by atoms with Gasteiger partial charge in [-0.1, -0.05) is 29.8 Å². The van der Waals surface area contributed by atoms with Crippen LogP contribution in [0.15, 0.2) is 0 Å². The Labute approximate surface area is 116 Å². The van der Waals surface area contributed by atoms with Crippen LogP contribution in [0.5, 0.6) is 0 Å². The lowest BCUT2D eigenvalue weighted by atomic mass is 10.1. The first-order valence-electron chi connectivity index (χ1n) is 6.28. The number of carbonyl (C=O) groups is 1. The van der Waals surface area contributed by atoms with Gasteiger partial charge in [0.15, 0.2) is 0 Å². The topological polar surface area (TPSA) is 29.5 Å². The van der Waals surface area contributed by atoms with Crippen molar-refractivity contribution < 1.29 is 18.3 Å². The van der Waals surface area contributed by atoms with Crippen LogP contribution in [0.1, 0.15) is 33.1 Å². The number of hydrogen-bond donors (Lipinski definition) is 0. The van der Waals surface area contributed by atoms with Gasteiger partial charge in [-0.2, -0.15) is 0 Å². The van der Waals surface area contributed by atoms with Crippen LogP contribution in [0.25, 0.3) is 0 Å². The van der Waals surface area contributed by atoms with Crippen LogP contribution in [0.4, 0.5) is 8.78 Å². The van der Waals surface area contributed by atoms with E-state index in [1.807, 2.05) is 13.8 Å². The molecule has 3 nitrogen and oxygen atoms in total. The van der Waals surface area contributed by atoms with E-state index in [4.69, 9.17) is 4.74 Å². The van der Waals surface area contributed by atoms with E-state index in [0.717, 1.165) is 12.8 Å². The fraction of sp³-hybridized carbons (Fsp3) is 0.917. The molecule has 0 unspecified atom stereocenters. The standard InChI is InChI=1S/C12H22BrF2NO2/c1-3-10(4-2)16(7-6-13)12(17)5-8-18-9-11(14)15/h10-11H,3-9H2,1-2H3. The molecule has 6 heteroatoms. The molecular weight excluding hydrogens is 308 g/mol. The monoisotopic (exact) mass is 329 g/mol. The minimum absolute atomic E-state index is 0.0302. The number of rotatable bonds is 10. The second kappa shape index (κ2) is 10.7. The molecule has 18 heavy (non-hydrogen) atoms. The average Bonchev–Trinajstić information content (AvgIpc) is 2.34. The molecule has 0 aliphatic rings. The minimum atomic E-state index is -2.47. The Bertz CT molecular complexity index is 226. The highest BCUT2D eigenvalue weighted by Gasteiger charge is 2.20. The fourth-order valence-electron chi connectivity index (χ4n) is 1.81. The van der Waals surface area contributed by atoms with Crippen molar-refractivity contribution in [1.82, 2.24) is 4.90 Å². The number of ether oxygens (including phenoxy) is 1. The van der Waals surface area contributed by atoms with E-state index in [-0.39, 0.29) is 25.0 Å². The maximum atomic E-state index is 12.0. The Morgan fingerprint density at radius 1 is 1.33 bits per heavy atom. The molecule has 0 aromatic heterocycles. The first-order chi connectivity index (χ1) is 8.56. The van der Waals surface area contributed by atoms with Crippen LogP contribution >= 0.6 is 15.9 Å². The zero-order valence-electron chi connectivity index (χ0n) is 11.0. The van der Waals surface area contributed by atoms with Gasteiger partial charge in [-0.05, 0) is 12.8 Å². The normalized spacial score (nSPS) is 11.3. The number of carbonyl (C=O) groups excluding carboxylic acids is 1. The van der Waals surface area contributed by atoms with Crippen LogP contribution in [0, 0.1) is 0 Å². The Balaban J connectivity index is 4.13. The highest BCUT2D eigenvalue weighted by molar-refractivity contribution is 9.09. The highest BCUT2D eigenvalue weighted by Crippen LogP contribution is 2.11. The molecule has 0 rings (SSSR count). The van der Waals surface area contributed by atoms with Crippen LogP contribution in [0.3, 0.4) is 0 Å². The Kier molecular flexibility index (Phi) is 10.5. The van der Waals surface area contributed by atoms with Crippen molar-refractivity contribution in [3.63, 3.8) is 0 Å². The van der Waals surface area contributed by atoms with E-state index < -0.39 is 13.0 Å². The third kappa shape index (κ3) is 7.26. The zero-order chi connectivity index (χ0) is 14.0. The van der Waals surface area contributed by atoms with Gasteiger partial charge in [-0.25, -0.2) is 8.78 Å². The minimum Gasteiger partial charge on any atom is -0.375 e. The third-order valence-electron chi connectivity index (χ3n) is 2.73. The van der Waals surface area contributed by atoms with E-state index in [2.05, 4.69) is 15.9 Å². The van der Waals surface area contributed by atoms with E-state index in [0.29, 0.717) is 11.9 Å². The van der Waals surface area contributed by atoms with Gasteiger partial charge in [-0.15, -0.1) is 0 Å². The summed E-state index contributed by atoms with van der Waals surface area (Å²) in [5, 5.41) is 0.715. The number of hydrogen-bond acceptors (Lipinski definition) is 2. The van der Waals surface area contributed by atoms with Crippen molar-refractivity contribution in [2.24, 2.45) is 0 Å². The van der Waals surface area contributed by atoms with Gasteiger partial charge in [0.25, 0.3) is 6.43 Å². The first kappa shape index (κ1) is 17.8. The predicted molar refractivity (Wildman–Crippen MR) is 71.3 cm³/mol. The average molecular weight is 330 g/mol. The van der Waals surface area contributed by atoms with Crippen molar-refractivity contribution in [2.45, 2.75) is 45.6 Å². The quantitative estimate of drug-likeness (QED) is 0.455. The van der Waals surface area contributed by atoms with Crippen molar-refractivity contribution >= 4 is 21.8 Å². The van der Waals surface area contributed by atoms with E-state index in [1.54, 1.807) is 4.90 Å². The predicted octanol–water partition coefficient (Wildman–Crippen LogP) is 3.07.